The monoisotopic (exact) mass is 248 g/mol. The van der Waals surface area contributed by atoms with Crippen molar-refractivity contribution in [2.75, 3.05) is 6.54 Å². The van der Waals surface area contributed by atoms with Gasteiger partial charge in [-0.1, -0.05) is 12.1 Å². The molecule has 3 rings (SSSR count). The van der Waals surface area contributed by atoms with E-state index in [0.717, 1.165) is 24.2 Å². The van der Waals surface area contributed by atoms with Crippen molar-refractivity contribution in [2.24, 2.45) is 0 Å². The Labute approximate surface area is 104 Å². The number of rotatable bonds is 1. The first-order chi connectivity index (χ1) is 8.68. The highest BCUT2D eigenvalue weighted by molar-refractivity contribution is 5.67. The fourth-order valence-corrected chi connectivity index (χ4v) is 2.51. The lowest BCUT2D eigenvalue weighted by Crippen LogP contribution is -2.23. The average molecular weight is 248 g/mol. The molecule has 2 N–H and O–H groups in total. The number of benzene rings is 1. The van der Waals surface area contributed by atoms with Crippen molar-refractivity contribution in [2.45, 2.75) is 19.9 Å². The molecule has 1 aliphatic rings. The first kappa shape index (κ1) is 11.4. The molecule has 0 fully saturated rings. The van der Waals surface area contributed by atoms with E-state index >= 15 is 0 Å². The smallest absolute Gasteiger partial charge is 0.153 e. The molecule has 94 valence electrons. The minimum Gasteiger partial charge on any atom is -0.356 e. The molecule has 1 aromatic heterocycles. The van der Waals surface area contributed by atoms with E-state index in [1.807, 2.05) is 0 Å². The zero-order chi connectivity index (χ0) is 12.7. The highest BCUT2D eigenvalue weighted by Crippen LogP contribution is 2.32. The first-order valence-electron chi connectivity index (χ1n) is 6.04. The summed E-state index contributed by atoms with van der Waals surface area (Å²) in [6.45, 7) is 3.11. The van der Waals surface area contributed by atoms with Crippen molar-refractivity contribution < 1.29 is 8.78 Å². The molecular weight excluding hydrogens is 234 g/mol. The Morgan fingerprint density at radius 1 is 1.22 bits per heavy atom. The van der Waals surface area contributed by atoms with Crippen molar-refractivity contribution in [1.82, 2.24) is 10.3 Å². The fraction of sp³-hybridized carbons (Fsp3) is 0.286. The number of aromatic nitrogens is 1. The highest BCUT2D eigenvalue weighted by atomic mass is 19.1. The number of H-pyrrole nitrogens is 1. The molecule has 0 radical (unpaired) electrons. The van der Waals surface area contributed by atoms with Crippen LogP contribution >= 0.6 is 0 Å². The largest absolute Gasteiger partial charge is 0.356 e. The zero-order valence-electron chi connectivity index (χ0n) is 10.1. The van der Waals surface area contributed by atoms with Crippen molar-refractivity contribution in [3.8, 4) is 11.3 Å². The van der Waals surface area contributed by atoms with Gasteiger partial charge in [-0.25, -0.2) is 8.78 Å². The third kappa shape index (κ3) is 1.64. The number of nitrogens with one attached hydrogen (secondary N) is 2. The molecule has 0 spiro atoms. The first-order valence-corrected chi connectivity index (χ1v) is 6.04. The van der Waals surface area contributed by atoms with Crippen molar-refractivity contribution in [1.29, 1.82) is 0 Å². The van der Waals surface area contributed by atoms with Crippen molar-refractivity contribution >= 4 is 0 Å². The molecule has 1 aliphatic heterocycles. The van der Waals surface area contributed by atoms with E-state index in [2.05, 4.69) is 10.3 Å². The summed E-state index contributed by atoms with van der Waals surface area (Å²) in [5.74, 6) is -0.717. The van der Waals surface area contributed by atoms with E-state index in [1.54, 1.807) is 19.1 Å². The van der Waals surface area contributed by atoms with E-state index < -0.39 is 0 Å². The Kier molecular flexibility index (Phi) is 2.67. The van der Waals surface area contributed by atoms with Gasteiger partial charge in [0.15, 0.2) is 5.82 Å². The van der Waals surface area contributed by atoms with E-state index in [4.69, 9.17) is 0 Å². The Morgan fingerprint density at radius 3 is 2.78 bits per heavy atom. The second-order valence-corrected chi connectivity index (χ2v) is 4.63. The molecule has 2 heterocycles. The maximum Gasteiger partial charge on any atom is 0.153 e. The van der Waals surface area contributed by atoms with Gasteiger partial charge >= 0.3 is 0 Å². The van der Waals surface area contributed by atoms with Gasteiger partial charge in [-0.15, -0.1) is 0 Å². The quantitative estimate of drug-likeness (QED) is 0.798. The van der Waals surface area contributed by atoms with Crippen LogP contribution in [0.25, 0.3) is 11.3 Å². The number of aryl methyl sites for hydroxylation is 1. The minimum absolute atomic E-state index is 0.277. The number of fused-ring (bicyclic) bond motifs is 1. The summed E-state index contributed by atoms with van der Waals surface area (Å²) in [7, 11) is 0. The fourth-order valence-electron chi connectivity index (χ4n) is 2.51. The van der Waals surface area contributed by atoms with Crippen LogP contribution in [-0.4, -0.2) is 11.5 Å². The van der Waals surface area contributed by atoms with Gasteiger partial charge in [0.2, 0.25) is 0 Å². The molecule has 0 saturated heterocycles. The predicted molar refractivity (Wildman–Crippen MR) is 66.3 cm³/mol. The van der Waals surface area contributed by atoms with Gasteiger partial charge in [-0.3, -0.25) is 0 Å². The molecule has 0 saturated carbocycles. The normalized spacial score (nSPS) is 14.6. The highest BCUT2D eigenvalue weighted by Gasteiger charge is 2.23. The predicted octanol–water partition coefficient (Wildman–Crippen LogP) is 2.91. The topological polar surface area (TPSA) is 27.8 Å². The molecule has 0 amide bonds. The van der Waals surface area contributed by atoms with Crippen LogP contribution in [0, 0.1) is 18.6 Å². The molecule has 0 aliphatic carbocycles. The lowest BCUT2D eigenvalue weighted by molar-refractivity contribution is 0.574. The van der Waals surface area contributed by atoms with Gasteiger partial charge in [-0.2, -0.15) is 0 Å². The standard InChI is InChI=1S/C14H14F2N2/c1-8-3-2-4-10(15)12(8)14-13(16)9-7-17-6-5-11(9)18-14/h2-4,17-18H,5-7H2,1H3. The molecule has 4 heteroatoms. The van der Waals surface area contributed by atoms with Gasteiger partial charge in [-0.05, 0) is 18.6 Å². The zero-order valence-corrected chi connectivity index (χ0v) is 10.1. The van der Waals surface area contributed by atoms with Gasteiger partial charge in [0.05, 0.1) is 5.69 Å². The average Bonchev–Trinajstić information content (AvgIpc) is 2.68. The van der Waals surface area contributed by atoms with E-state index in [9.17, 15) is 8.78 Å². The Morgan fingerprint density at radius 2 is 2.06 bits per heavy atom. The molecule has 1 aromatic carbocycles. The van der Waals surface area contributed by atoms with Gasteiger partial charge in [0.25, 0.3) is 0 Å². The maximum atomic E-state index is 14.3. The lowest BCUT2D eigenvalue weighted by atomic mass is 10.0. The SMILES string of the molecule is Cc1cccc(F)c1-c1[nH]c2c(c1F)CNCC2. The summed E-state index contributed by atoms with van der Waals surface area (Å²) in [4.78, 5) is 3.04. The minimum atomic E-state index is -0.388. The molecule has 0 unspecified atom stereocenters. The van der Waals surface area contributed by atoms with Gasteiger partial charge in [0.1, 0.15) is 5.82 Å². The van der Waals surface area contributed by atoms with E-state index in [1.165, 1.54) is 6.07 Å². The van der Waals surface area contributed by atoms with Crippen LogP contribution in [0.5, 0.6) is 0 Å². The van der Waals surface area contributed by atoms with Crippen LogP contribution in [-0.2, 0) is 13.0 Å². The van der Waals surface area contributed by atoms with Crippen LogP contribution in [0.2, 0.25) is 0 Å². The second-order valence-electron chi connectivity index (χ2n) is 4.63. The van der Waals surface area contributed by atoms with E-state index in [-0.39, 0.29) is 17.3 Å². The van der Waals surface area contributed by atoms with Crippen LogP contribution in [0.3, 0.4) is 0 Å². The van der Waals surface area contributed by atoms with Gasteiger partial charge < -0.3 is 10.3 Å². The molecule has 0 atom stereocenters. The van der Waals surface area contributed by atoms with Gasteiger partial charge in [0, 0.05) is 36.3 Å². The third-order valence-corrected chi connectivity index (χ3v) is 3.45. The number of aromatic amines is 1. The summed E-state index contributed by atoms with van der Waals surface area (Å²) < 4.78 is 28.2. The summed E-state index contributed by atoms with van der Waals surface area (Å²) in [6, 6.07) is 4.78. The lowest BCUT2D eigenvalue weighted by Gasteiger charge is -2.11. The van der Waals surface area contributed by atoms with E-state index in [0.29, 0.717) is 17.7 Å². The van der Waals surface area contributed by atoms with Crippen LogP contribution in [0.1, 0.15) is 16.8 Å². The van der Waals surface area contributed by atoms with Crippen molar-refractivity contribution in [3.63, 3.8) is 0 Å². The van der Waals surface area contributed by atoms with Crippen molar-refractivity contribution in [3.05, 3.63) is 46.7 Å². The molecule has 2 aromatic rings. The Bertz CT molecular complexity index is 582. The summed E-state index contributed by atoms with van der Waals surface area (Å²) >= 11 is 0. The summed E-state index contributed by atoms with van der Waals surface area (Å²) in [5.41, 5.74) is 2.87. The molecular formula is C14H14F2N2. The number of hydrogen-bond donors (Lipinski definition) is 2. The van der Waals surface area contributed by atoms with Crippen LogP contribution < -0.4 is 5.32 Å². The number of halogens is 2. The molecule has 0 bridgehead atoms. The molecule has 2 nitrogen and oxygen atoms in total. The Hall–Kier alpha value is -1.68. The third-order valence-electron chi connectivity index (χ3n) is 3.45. The summed E-state index contributed by atoms with van der Waals surface area (Å²) in [5, 5.41) is 3.12. The summed E-state index contributed by atoms with van der Waals surface area (Å²) in [6.07, 6.45) is 0.750. The Balaban J connectivity index is 2.21. The molecule has 18 heavy (non-hydrogen) atoms. The van der Waals surface area contributed by atoms with Crippen LogP contribution in [0.4, 0.5) is 8.78 Å². The number of hydrogen-bond acceptors (Lipinski definition) is 1. The second kappa shape index (κ2) is 4.21. The maximum absolute atomic E-state index is 14.3. The van der Waals surface area contributed by atoms with Crippen LogP contribution in [0.15, 0.2) is 18.2 Å².